The number of pyridine rings is 1. The van der Waals surface area contributed by atoms with E-state index < -0.39 is 0 Å². The molecule has 0 bridgehead atoms. The number of aryl methyl sites for hydroxylation is 1. The monoisotopic (exact) mass is 478 g/mol. The highest BCUT2D eigenvalue weighted by Crippen LogP contribution is 2.33. The SMILES string of the molecule is COc1ccccc1-c1cc(C)ncc1C(=O)Nc1nn2cc(C(=O)N[C@H]3CCOC3)nc2s1. The van der Waals surface area contributed by atoms with Crippen molar-refractivity contribution in [3.8, 4) is 16.9 Å². The predicted octanol–water partition coefficient (Wildman–Crippen LogP) is 2.94. The third-order valence-corrected chi connectivity index (χ3v) is 6.28. The van der Waals surface area contributed by atoms with Crippen LogP contribution in [0.3, 0.4) is 0 Å². The number of fused-ring (bicyclic) bond motifs is 1. The van der Waals surface area contributed by atoms with E-state index in [-0.39, 0.29) is 23.6 Å². The first-order valence-corrected chi connectivity index (χ1v) is 11.5. The van der Waals surface area contributed by atoms with E-state index >= 15 is 0 Å². The van der Waals surface area contributed by atoms with Crippen LogP contribution in [0.2, 0.25) is 0 Å². The minimum atomic E-state index is -0.357. The molecule has 34 heavy (non-hydrogen) atoms. The average molecular weight is 479 g/mol. The Morgan fingerprint density at radius 3 is 2.85 bits per heavy atom. The van der Waals surface area contributed by atoms with E-state index in [0.717, 1.165) is 17.7 Å². The van der Waals surface area contributed by atoms with Crippen LogP contribution < -0.4 is 15.4 Å². The number of nitrogens with zero attached hydrogens (tertiary/aromatic N) is 4. The van der Waals surface area contributed by atoms with Gasteiger partial charge in [-0.1, -0.05) is 29.5 Å². The number of rotatable bonds is 6. The van der Waals surface area contributed by atoms with Crippen LogP contribution in [-0.4, -0.2) is 57.8 Å². The number of para-hydroxylation sites is 1. The van der Waals surface area contributed by atoms with Crippen LogP contribution >= 0.6 is 11.3 Å². The number of imidazole rings is 1. The molecule has 0 aliphatic carbocycles. The van der Waals surface area contributed by atoms with Gasteiger partial charge in [0.1, 0.15) is 11.4 Å². The van der Waals surface area contributed by atoms with Crippen molar-refractivity contribution in [1.82, 2.24) is 24.9 Å². The molecule has 5 rings (SSSR count). The number of aromatic nitrogens is 4. The highest BCUT2D eigenvalue weighted by Gasteiger charge is 2.22. The van der Waals surface area contributed by atoms with Gasteiger partial charge >= 0.3 is 0 Å². The van der Waals surface area contributed by atoms with Crippen molar-refractivity contribution in [3.63, 3.8) is 0 Å². The van der Waals surface area contributed by atoms with Crippen molar-refractivity contribution in [2.24, 2.45) is 0 Å². The van der Waals surface area contributed by atoms with Crippen molar-refractivity contribution in [3.05, 3.63) is 59.7 Å². The molecule has 1 saturated heterocycles. The lowest BCUT2D eigenvalue weighted by Crippen LogP contribution is -2.35. The molecule has 1 aliphatic rings. The van der Waals surface area contributed by atoms with Gasteiger partial charge in [-0.2, -0.15) is 0 Å². The first-order valence-electron chi connectivity index (χ1n) is 10.7. The Bertz CT molecular complexity index is 1340. The lowest BCUT2D eigenvalue weighted by atomic mass is 9.99. The van der Waals surface area contributed by atoms with Crippen molar-refractivity contribution in [2.75, 3.05) is 25.6 Å². The highest BCUT2D eigenvalue weighted by atomic mass is 32.1. The number of benzene rings is 1. The summed E-state index contributed by atoms with van der Waals surface area (Å²) in [4.78, 5) is 34.7. The standard InChI is InChI=1S/C23H22N6O4S/c1-13-9-16(15-5-3-4-6-19(15)32-2)17(10-24-13)20(30)27-22-28-29-11-18(26-23(29)34-22)21(31)25-14-7-8-33-12-14/h3-6,9-11,14H,7-8,12H2,1-2H3,(H,25,31)(H,27,28,30)/t14-/m0/s1. The summed E-state index contributed by atoms with van der Waals surface area (Å²) < 4.78 is 12.2. The second-order valence-electron chi connectivity index (χ2n) is 7.82. The van der Waals surface area contributed by atoms with Crippen LogP contribution in [-0.2, 0) is 4.74 Å². The molecule has 0 radical (unpaired) electrons. The number of carbonyl (C=O) groups excluding carboxylic acids is 2. The summed E-state index contributed by atoms with van der Waals surface area (Å²) in [5.74, 6) is 0.0282. The number of methoxy groups -OCH3 is 1. The van der Waals surface area contributed by atoms with Gasteiger partial charge in [-0.05, 0) is 25.5 Å². The van der Waals surface area contributed by atoms with Crippen LogP contribution in [0.25, 0.3) is 16.1 Å². The fourth-order valence-electron chi connectivity index (χ4n) is 3.76. The topological polar surface area (TPSA) is 120 Å². The summed E-state index contributed by atoms with van der Waals surface area (Å²) in [6, 6.07) is 9.34. The van der Waals surface area contributed by atoms with Crippen LogP contribution in [0.5, 0.6) is 5.75 Å². The van der Waals surface area contributed by atoms with Gasteiger partial charge in [-0.25, -0.2) is 9.50 Å². The minimum absolute atomic E-state index is 0.00408. The van der Waals surface area contributed by atoms with Crippen molar-refractivity contribution >= 4 is 33.2 Å². The van der Waals surface area contributed by atoms with Crippen molar-refractivity contribution in [1.29, 1.82) is 0 Å². The van der Waals surface area contributed by atoms with Crippen LogP contribution in [0, 0.1) is 6.92 Å². The zero-order chi connectivity index (χ0) is 23.7. The van der Waals surface area contributed by atoms with Crippen molar-refractivity contribution < 1.29 is 19.1 Å². The Morgan fingerprint density at radius 2 is 2.09 bits per heavy atom. The molecule has 3 aromatic heterocycles. The Morgan fingerprint density at radius 1 is 1.24 bits per heavy atom. The summed E-state index contributed by atoms with van der Waals surface area (Å²) in [5, 5.41) is 10.4. The number of carbonyl (C=O) groups is 2. The molecule has 1 aromatic carbocycles. The Hall–Kier alpha value is -3.83. The largest absolute Gasteiger partial charge is 0.496 e. The molecule has 0 saturated carbocycles. The summed E-state index contributed by atoms with van der Waals surface area (Å²) in [5.41, 5.74) is 2.93. The molecule has 2 N–H and O–H groups in total. The smallest absolute Gasteiger partial charge is 0.271 e. The molecule has 1 aliphatic heterocycles. The Labute approximate surface area is 198 Å². The van der Waals surface area contributed by atoms with Crippen LogP contribution in [0.1, 0.15) is 33.0 Å². The third-order valence-electron chi connectivity index (χ3n) is 5.44. The molecule has 1 atom stereocenters. The molecule has 0 spiro atoms. The Balaban J connectivity index is 1.37. The lowest BCUT2D eigenvalue weighted by molar-refractivity contribution is 0.0924. The van der Waals surface area contributed by atoms with Gasteiger partial charge in [0.15, 0.2) is 0 Å². The minimum Gasteiger partial charge on any atom is -0.496 e. The Kier molecular flexibility index (Phi) is 5.95. The molecular formula is C23H22N6O4S. The maximum Gasteiger partial charge on any atom is 0.271 e. The van der Waals surface area contributed by atoms with Gasteiger partial charge < -0.3 is 14.8 Å². The van der Waals surface area contributed by atoms with Crippen LogP contribution in [0.4, 0.5) is 5.13 Å². The number of amides is 2. The molecular weight excluding hydrogens is 456 g/mol. The van der Waals surface area contributed by atoms with E-state index in [1.54, 1.807) is 19.5 Å². The number of hydrogen-bond acceptors (Lipinski definition) is 8. The van der Waals surface area contributed by atoms with Gasteiger partial charge in [0.25, 0.3) is 11.8 Å². The second-order valence-corrected chi connectivity index (χ2v) is 8.78. The highest BCUT2D eigenvalue weighted by molar-refractivity contribution is 7.20. The fourth-order valence-corrected chi connectivity index (χ4v) is 4.54. The van der Waals surface area contributed by atoms with E-state index in [2.05, 4.69) is 25.7 Å². The fraction of sp³-hybridized carbons (Fsp3) is 0.261. The van der Waals surface area contributed by atoms with Crippen LogP contribution in [0.15, 0.2) is 42.7 Å². The second kappa shape index (κ2) is 9.20. The van der Waals surface area contributed by atoms with E-state index in [0.29, 0.717) is 40.2 Å². The zero-order valence-electron chi connectivity index (χ0n) is 18.6. The molecule has 4 aromatic rings. The molecule has 1 fully saturated rings. The molecule has 4 heterocycles. The van der Waals surface area contributed by atoms with Gasteiger partial charge in [-0.3, -0.25) is 19.9 Å². The quantitative estimate of drug-likeness (QED) is 0.437. The van der Waals surface area contributed by atoms with Gasteiger partial charge in [0, 0.05) is 29.6 Å². The predicted molar refractivity (Wildman–Crippen MR) is 126 cm³/mol. The number of nitrogens with one attached hydrogen (secondary N) is 2. The average Bonchev–Trinajstić information content (AvgIpc) is 3.56. The lowest BCUT2D eigenvalue weighted by Gasteiger charge is -2.13. The first kappa shape index (κ1) is 22.0. The molecule has 174 valence electrons. The molecule has 2 amide bonds. The normalized spacial score (nSPS) is 15.4. The number of anilines is 1. The van der Waals surface area contributed by atoms with Gasteiger partial charge in [0.05, 0.1) is 31.5 Å². The van der Waals surface area contributed by atoms with E-state index in [4.69, 9.17) is 9.47 Å². The van der Waals surface area contributed by atoms with E-state index in [1.165, 1.54) is 15.9 Å². The number of hydrogen-bond donors (Lipinski definition) is 2. The van der Waals surface area contributed by atoms with Gasteiger partial charge in [-0.15, -0.1) is 5.10 Å². The molecule has 11 heteroatoms. The van der Waals surface area contributed by atoms with E-state index in [1.807, 2.05) is 37.3 Å². The number of ether oxygens (including phenoxy) is 2. The summed E-state index contributed by atoms with van der Waals surface area (Å²) in [6.07, 6.45) is 3.87. The summed E-state index contributed by atoms with van der Waals surface area (Å²) in [7, 11) is 1.59. The maximum atomic E-state index is 13.2. The first-order chi connectivity index (χ1) is 16.5. The zero-order valence-corrected chi connectivity index (χ0v) is 19.4. The molecule has 0 unspecified atom stereocenters. The van der Waals surface area contributed by atoms with E-state index in [9.17, 15) is 9.59 Å². The van der Waals surface area contributed by atoms with Gasteiger partial charge in [0.2, 0.25) is 10.1 Å². The third kappa shape index (κ3) is 4.35. The summed E-state index contributed by atoms with van der Waals surface area (Å²) >= 11 is 1.17. The summed E-state index contributed by atoms with van der Waals surface area (Å²) in [6.45, 7) is 3.01. The van der Waals surface area contributed by atoms with Crippen molar-refractivity contribution in [2.45, 2.75) is 19.4 Å². The molecule has 10 nitrogen and oxygen atoms in total. The maximum absolute atomic E-state index is 13.2.